The molecule has 15 heavy (non-hydrogen) atoms. The van der Waals surface area contributed by atoms with E-state index in [1.54, 1.807) is 7.11 Å². The van der Waals surface area contributed by atoms with Gasteiger partial charge in [-0.25, -0.2) is 0 Å². The van der Waals surface area contributed by atoms with Gasteiger partial charge in [-0.15, -0.1) is 0 Å². The van der Waals surface area contributed by atoms with Crippen LogP contribution in [0.15, 0.2) is 11.8 Å². The number of nitrogens with two attached hydrogens (primary N) is 1. The van der Waals surface area contributed by atoms with Crippen molar-refractivity contribution in [1.82, 2.24) is 0 Å². The smallest absolute Gasteiger partial charge is 0.109 e. The highest BCUT2D eigenvalue weighted by Gasteiger charge is 2.39. The second-order valence-electron chi connectivity index (χ2n) is 4.65. The molecule has 1 unspecified atom stereocenters. The van der Waals surface area contributed by atoms with E-state index < -0.39 is 0 Å². The van der Waals surface area contributed by atoms with E-state index in [0.717, 1.165) is 44.5 Å². The molecular formula is C12H21NO2. The predicted molar refractivity (Wildman–Crippen MR) is 59.5 cm³/mol. The van der Waals surface area contributed by atoms with Crippen molar-refractivity contribution in [3.63, 3.8) is 0 Å². The van der Waals surface area contributed by atoms with Gasteiger partial charge in [0.2, 0.25) is 0 Å². The SMILES string of the molecule is COC1(CC(N)C2=CCCCO2)CCC1. The molecule has 1 aliphatic heterocycles. The molecule has 0 spiro atoms. The zero-order chi connectivity index (χ0) is 10.7. The molecule has 1 atom stereocenters. The van der Waals surface area contributed by atoms with Crippen molar-refractivity contribution in [1.29, 1.82) is 0 Å². The Hall–Kier alpha value is -0.540. The standard InChI is InChI=1S/C12H21NO2/c1-14-12(6-4-7-12)9-10(13)11-5-2-3-8-15-11/h5,10H,2-4,6-9,13H2,1H3. The zero-order valence-electron chi connectivity index (χ0n) is 9.50. The number of allylic oxidation sites excluding steroid dienone is 1. The van der Waals surface area contributed by atoms with Gasteiger partial charge in [0, 0.05) is 7.11 Å². The number of methoxy groups -OCH3 is 1. The first-order valence-corrected chi connectivity index (χ1v) is 5.89. The van der Waals surface area contributed by atoms with Crippen LogP contribution in [-0.2, 0) is 9.47 Å². The van der Waals surface area contributed by atoms with Crippen LogP contribution in [0.1, 0.15) is 38.5 Å². The fourth-order valence-electron chi connectivity index (χ4n) is 2.40. The third-order valence-corrected chi connectivity index (χ3v) is 3.62. The van der Waals surface area contributed by atoms with Crippen molar-refractivity contribution in [2.45, 2.75) is 50.2 Å². The molecule has 1 saturated carbocycles. The van der Waals surface area contributed by atoms with Gasteiger partial charge >= 0.3 is 0 Å². The van der Waals surface area contributed by atoms with Crippen LogP contribution in [-0.4, -0.2) is 25.4 Å². The molecule has 2 N–H and O–H groups in total. The minimum absolute atomic E-state index is 0.0190. The molecule has 0 radical (unpaired) electrons. The maximum absolute atomic E-state index is 6.15. The summed E-state index contributed by atoms with van der Waals surface area (Å²) in [4.78, 5) is 0. The highest BCUT2D eigenvalue weighted by atomic mass is 16.5. The van der Waals surface area contributed by atoms with Crippen molar-refractivity contribution >= 4 is 0 Å². The Morgan fingerprint density at radius 3 is 2.80 bits per heavy atom. The van der Waals surface area contributed by atoms with E-state index in [4.69, 9.17) is 15.2 Å². The molecular weight excluding hydrogens is 190 g/mol. The minimum Gasteiger partial charge on any atom is -0.497 e. The van der Waals surface area contributed by atoms with Crippen LogP contribution in [0.2, 0.25) is 0 Å². The van der Waals surface area contributed by atoms with Gasteiger partial charge in [-0.3, -0.25) is 0 Å². The summed E-state index contributed by atoms with van der Waals surface area (Å²) in [6.45, 7) is 0.819. The lowest BCUT2D eigenvalue weighted by Crippen LogP contribution is -2.45. The summed E-state index contributed by atoms with van der Waals surface area (Å²) in [5, 5.41) is 0. The average Bonchev–Trinajstić information content (AvgIpc) is 2.24. The summed E-state index contributed by atoms with van der Waals surface area (Å²) >= 11 is 0. The van der Waals surface area contributed by atoms with E-state index in [9.17, 15) is 0 Å². The quantitative estimate of drug-likeness (QED) is 0.773. The number of hydrogen-bond donors (Lipinski definition) is 1. The van der Waals surface area contributed by atoms with Crippen LogP contribution < -0.4 is 5.73 Å². The number of ether oxygens (including phenoxy) is 2. The Balaban J connectivity index is 1.90. The Morgan fingerprint density at radius 1 is 1.53 bits per heavy atom. The van der Waals surface area contributed by atoms with Crippen molar-refractivity contribution in [3.8, 4) is 0 Å². The van der Waals surface area contributed by atoms with E-state index in [-0.39, 0.29) is 11.6 Å². The molecule has 0 bridgehead atoms. The van der Waals surface area contributed by atoms with E-state index in [2.05, 4.69) is 6.08 Å². The normalized spacial score (nSPS) is 26.1. The second kappa shape index (κ2) is 4.54. The summed E-state index contributed by atoms with van der Waals surface area (Å²) in [5.74, 6) is 0.976. The Bertz CT molecular complexity index is 240. The molecule has 0 aromatic rings. The Kier molecular flexibility index (Phi) is 3.32. The van der Waals surface area contributed by atoms with Crippen LogP contribution in [0.5, 0.6) is 0 Å². The third-order valence-electron chi connectivity index (χ3n) is 3.62. The lowest BCUT2D eigenvalue weighted by molar-refractivity contribution is -0.0821. The summed E-state index contributed by atoms with van der Waals surface area (Å²) in [6, 6.07) is 0.0190. The van der Waals surface area contributed by atoms with Crippen molar-refractivity contribution in [3.05, 3.63) is 11.8 Å². The Morgan fingerprint density at radius 2 is 2.33 bits per heavy atom. The molecule has 0 saturated heterocycles. The first kappa shape index (κ1) is 11.0. The van der Waals surface area contributed by atoms with E-state index in [1.165, 1.54) is 6.42 Å². The number of rotatable bonds is 4. The molecule has 3 nitrogen and oxygen atoms in total. The molecule has 1 fully saturated rings. The monoisotopic (exact) mass is 211 g/mol. The van der Waals surface area contributed by atoms with Crippen molar-refractivity contribution in [2.75, 3.05) is 13.7 Å². The highest BCUT2D eigenvalue weighted by Crippen LogP contribution is 2.39. The summed E-state index contributed by atoms with van der Waals surface area (Å²) in [6.07, 6.45) is 8.80. The maximum Gasteiger partial charge on any atom is 0.109 e. The third kappa shape index (κ3) is 2.34. The number of hydrogen-bond acceptors (Lipinski definition) is 3. The predicted octanol–water partition coefficient (Wildman–Crippen LogP) is 1.97. The van der Waals surface area contributed by atoms with Crippen LogP contribution in [0.3, 0.4) is 0 Å². The fourth-order valence-corrected chi connectivity index (χ4v) is 2.40. The van der Waals surface area contributed by atoms with E-state index >= 15 is 0 Å². The van der Waals surface area contributed by atoms with Gasteiger partial charge in [0.25, 0.3) is 0 Å². The zero-order valence-corrected chi connectivity index (χ0v) is 9.50. The van der Waals surface area contributed by atoms with Crippen LogP contribution in [0.25, 0.3) is 0 Å². The molecule has 1 heterocycles. The molecule has 0 aromatic heterocycles. The van der Waals surface area contributed by atoms with Crippen molar-refractivity contribution < 1.29 is 9.47 Å². The molecule has 86 valence electrons. The lowest BCUT2D eigenvalue weighted by atomic mass is 9.75. The first-order chi connectivity index (χ1) is 7.26. The minimum atomic E-state index is 0.0190. The molecule has 1 aliphatic carbocycles. The van der Waals surface area contributed by atoms with Gasteiger partial charge in [-0.05, 0) is 44.6 Å². The highest BCUT2D eigenvalue weighted by molar-refractivity contribution is 5.08. The summed E-state index contributed by atoms with van der Waals surface area (Å²) < 4.78 is 11.2. The topological polar surface area (TPSA) is 44.5 Å². The summed E-state index contributed by atoms with van der Waals surface area (Å²) in [5.41, 5.74) is 6.19. The van der Waals surface area contributed by atoms with Gasteiger partial charge in [0.1, 0.15) is 5.76 Å². The van der Waals surface area contributed by atoms with Gasteiger partial charge in [-0.1, -0.05) is 0 Å². The van der Waals surface area contributed by atoms with Gasteiger partial charge in [0.05, 0.1) is 18.2 Å². The maximum atomic E-state index is 6.15. The first-order valence-electron chi connectivity index (χ1n) is 5.89. The Labute approximate surface area is 91.6 Å². The largest absolute Gasteiger partial charge is 0.497 e. The van der Waals surface area contributed by atoms with E-state index in [1.807, 2.05) is 0 Å². The van der Waals surface area contributed by atoms with Gasteiger partial charge in [-0.2, -0.15) is 0 Å². The molecule has 2 aliphatic rings. The molecule has 3 heteroatoms. The van der Waals surface area contributed by atoms with Gasteiger partial charge in [0.15, 0.2) is 0 Å². The lowest BCUT2D eigenvalue weighted by Gasteiger charge is -2.42. The van der Waals surface area contributed by atoms with Crippen LogP contribution in [0.4, 0.5) is 0 Å². The van der Waals surface area contributed by atoms with E-state index in [0.29, 0.717) is 0 Å². The van der Waals surface area contributed by atoms with Crippen LogP contribution in [0, 0.1) is 0 Å². The molecule has 2 rings (SSSR count). The second-order valence-corrected chi connectivity index (χ2v) is 4.65. The molecule has 0 aromatic carbocycles. The van der Waals surface area contributed by atoms with Gasteiger partial charge < -0.3 is 15.2 Å². The summed E-state index contributed by atoms with van der Waals surface area (Å²) in [7, 11) is 1.79. The fraction of sp³-hybridized carbons (Fsp3) is 0.833. The average molecular weight is 211 g/mol. The van der Waals surface area contributed by atoms with Crippen molar-refractivity contribution in [2.24, 2.45) is 5.73 Å². The molecule has 0 amide bonds. The van der Waals surface area contributed by atoms with Crippen LogP contribution >= 0.6 is 0 Å².